The first kappa shape index (κ1) is 23.7. The molecule has 168 valence electrons. The van der Waals surface area contributed by atoms with Crippen LogP contribution in [0, 0.1) is 0 Å². The summed E-state index contributed by atoms with van der Waals surface area (Å²) in [6, 6.07) is 9.30. The average Bonchev–Trinajstić information content (AvgIpc) is 2.75. The highest BCUT2D eigenvalue weighted by Gasteiger charge is 2.36. The molecule has 0 radical (unpaired) electrons. The second-order valence-electron chi connectivity index (χ2n) is 9.74. The summed E-state index contributed by atoms with van der Waals surface area (Å²) in [4.78, 5) is 56.2. The van der Waals surface area contributed by atoms with Crippen LogP contribution >= 0.6 is 0 Å². The number of rotatable bonds is 6. The fourth-order valence-electron chi connectivity index (χ4n) is 3.55. The number of carbonyl (C=O) groups excluding carboxylic acids is 4. The first-order valence-corrected chi connectivity index (χ1v) is 10.5. The smallest absolute Gasteiger partial charge is 0.194 e. The van der Waals surface area contributed by atoms with Crippen molar-refractivity contribution in [3.8, 4) is 0 Å². The van der Waals surface area contributed by atoms with Gasteiger partial charge in [0.05, 0.1) is 11.1 Å². The third-order valence-electron chi connectivity index (χ3n) is 6.89. The predicted octanol–water partition coefficient (Wildman–Crippen LogP) is 3.51. The van der Waals surface area contributed by atoms with Crippen LogP contribution in [0.4, 0.5) is 0 Å². The molecule has 3 rings (SSSR count). The second kappa shape index (κ2) is 7.87. The van der Waals surface area contributed by atoms with Crippen molar-refractivity contribution in [1.29, 1.82) is 0 Å². The standard InChI is InChI=1S/C26H30N2O4/c1-25(2,27(5)6)23(31)15-9-11-17-19(13-15)22(30)20-14-16(10-12-18(20)21(17)29)24(32)26(3,4)28(7)8/h9-14H,1-8H3. The number of likely N-dealkylation sites (N-methyl/N-ethyl adjacent to an activating group) is 2. The molecule has 2 aromatic carbocycles. The first-order chi connectivity index (χ1) is 14.7. The molecule has 1 aliphatic rings. The molecule has 32 heavy (non-hydrogen) atoms. The molecule has 0 spiro atoms. The molecular formula is C26H30N2O4. The van der Waals surface area contributed by atoms with E-state index < -0.39 is 11.1 Å². The number of carbonyl (C=O) groups is 4. The van der Waals surface area contributed by atoms with Gasteiger partial charge in [-0.3, -0.25) is 29.0 Å². The van der Waals surface area contributed by atoms with Crippen molar-refractivity contribution in [2.75, 3.05) is 28.2 Å². The Hall–Kier alpha value is -2.96. The zero-order valence-corrected chi connectivity index (χ0v) is 20.0. The Bertz CT molecular complexity index is 1070. The van der Waals surface area contributed by atoms with Gasteiger partial charge in [-0.05, 0) is 80.2 Å². The van der Waals surface area contributed by atoms with Crippen molar-refractivity contribution in [2.45, 2.75) is 38.8 Å². The van der Waals surface area contributed by atoms with Gasteiger partial charge in [-0.25, -0.2) is 0 Å². The fourth-order valence-corrected chi connectivity index (χ4v) is 3.55. The van der Waals surface area contributed by atoms with Crippen LogP contribution in [-0.2, 0) is 0 Å². The van der Waals surface area contributed by atoms with Crippen molar-refractivity contribution < 1.29 is 19.2 Å². The van der Waals surface area contributed by atoms with E-state index in [1.165, 1.54) is 12.1 Å². The number of ketones is 4. The lowest BCUT2D eigenvalue weighted by Gasteiger charge is -2.31. The van der Waals surface area contributed by atoms with Crippen LogP contribution in [0.5, 0.6) is 0 Å². The monoisotopic (exact) mass is 434 g/mol. The van der Waals surface area contributed by atoms with E-state index in [4.69, 9.17) is 0 Å². The molecule has 0 bridgehead atoms. The largest absolute Gasteiger partial charge is 0.297 e. The Kier molecular flexibility index (Phi) is 5.83. The van der Waals surface area contributed by atoms with Crippen LogP contribution in [0.25, 0.3) is 0 Å². The van der Waals surface area contributed by atoms with E-state index >= 15 is 0 Å². The molecule has 0 N–H and O–H groups in total. The van der Waals surface area contributed by atoms with Gasteiger partial charge in [0, 0.05) is 33.4 Å². The maximum Gasteiger partial charge on any atom is 0.194 e. The van der Waals surface area contributed by atoms with Gasteiger partial charge in [-0.15, -0.1) is 0 Å². The van der Waals surface area contributed by atoms with Gasteiger partial charge in [0.2, 0.25) is 0 Å². The lowest BCUT2D eigenvalue weighted by atomic mass is 9.80. The molecule has 0 aliphatic heterocycles. The number of nitrogens with zero attached hydrogens (tertiary/aromatic N) is 2. The van der Waals surface area contributed by atoms with Crippen molar-refractivity contribution in [1.82, 2.24) is 9.80 Å². The summed E-state index contributed by atoms with van der Waals surface area (Å²) in [5.74, 6) is -0.934. The summed E-state index contributed by atoms with van der Waals surface area (Å²) in [6.07, 6.45) is 0. The van der Waals surface area contributed by atoms with Gasteiger partial charge in [-0.1, -0.05) is 12.1 Å². The topological polar surface area (TPSA) is 74.8 Å². The van der Waals surface area contributed by atoms with E-state index in [9.17, 15) is 19.2 Å². The molecule has 0 saturated carbocycles. The van der Waals surface area contributed by atoms with Crippen LogP contribution in [0.2, 0.25) is 0 Å². The number of hydrogen-bond donors (Lipinski definition) is 0. The van der Waals surface area contributed by atoms with Gasteiger partial charge in [0.15, 0.2) is 23.1 Å². The van der Waals surface area contributed by atoms with Crippen LogP contribution in [0.1, 0.15) is 80.3 Å². The molecule has 0 amide bonds. The third-order valence-corrected chi connectivity index (χ3v) is 6.89. The third kappa shape index (κ3) is 3.63. The highest BCUT2D eigenvalue weighted by atomic mass is 16.1. The summed E-state index contributed by atoms with van der Waals surface area (Å²) in [5.41, 5.74) is 0.125. The molecule has 2 aromatic rings. The Morgan fingerprint density at radius 3 is 1.22 bits per heavy atom. The quantitative estimate of drug-likeness (QED) is 0.553. The molecule has 0 fully saturated rings. The molecule has 0 unspecified atom stereocenters. The van der Waals surface area contributed by atoms with Crippen molar-refractivity contribution in [2.24, 2.45) is 0 Å². The Balaban J connectivity index is 2.09. The molecule has 6 heteroatoms. The minimum Gasteiger partial charge on any atom is -0.297 e. The highest BCUT2D eigenvalue weighted by molar-refractivity contribution is 6.29. The summed E-state index contributed by atoms with van der Waals surface area (Å²) in [5, 5.41) is 0. The van der Waals surface area contributed by atoms with E-state index in [-0.39, 0.29) is 45.4 Å². The number of Topliss-reactive ketones (excluding diaryl/α,β-unsaturated/α-hetero) is 2. The van der Waals surface area contributed by atoms with E-state index in [0.29, 0.717) is 11.1 Å². The van der Waals surface area contributed by atoms with Gasteiger partial charge in [0.1, 0.15) is 0 Å². The maximum absolute atomic E-state index is 13.4. The fraction of sp³-hybridized carbons (Fsp3) is 0.385. The van der Waals surface area contributed by atoms with Crippen LogP contribution in [0.3, 0.4) is 0 Å². The summed E-state index contributed by atoms with van der Waals surface area (Å²) in [7, 11) is 7.26. The molecular weight excluding hydrogens is 404 g/mol. The van der Waals surface area contributed by atoms with Crippen LogP contribution in [0.15, 0.2) is 36.4 Å². The van der Waals surface area contributed by atoms with Gasteiger partial charge in [-0.2, -0.15) is 0 Å². The Labute approximate surface area is 189 Å². The predicted molar refractivity (Wildman–Crippen MR) is 124 cm³/mol. The molecule has 0 atom stereocenters. The van der Waals surface area contributed by atoms with Crippen molar-refractivity contribution >= 4 is 23.1 Å². The Morgan fingerprint density at radius 2 is 0.906 bits per heavy atom. The average molecular weight is 435 g/mol. The zero-order chi connectivity index (χ0) is 24.2. The van der Waals surface area contributed by atoms with E-state index in [1.54, 1.807) is 61.8 Å². The van der Waals surface area contributed by atoms with Crippen molar-refractivity contribution in [3.63, 3.8) is 0 Å². The maximum atomic E-state index is 13.4. The highest BCUT2D eigenvalue weighted by Crippen LogP contribution is 2.31. The second-order valence-corrected chi connectivity index (χ2v) is 9.74. The first-order valence-electron chi connectivity index (χ1n) is 10.5. The minimum atomic E-state index is -0.773. The minimum absolute atomic E-state index is 0.145. The lowest BCUT2D eigenvalue weighted by Crippen LogP contribution is -2.46. The molecule has 0 heterocycles. The SMILES string of the molecule is CN(C)C(C)(C)C(=O)c1ccc2c(c1)C(=O)c1cc(C(=O)C(C)(C)N(C)C)ccc1C2=O. The molecule has 6 nitrogen and oxygen atoms in total. The van der Waals surface area contributed by atoms with Crippen LogP contribution < -0.4 is 0 Å². The molecule has 0 aromatic heterocycles. The van der Waals surface area contributed by atoms with E-state index in [1.807, 2.05) is 28.2 Å². The number of fused-ring (bicyclic) bond motifs is 2. The van der Waals surface area contributed by atoms with Crippen LogP contribution in [-0.4, -0.2) is 72.2 Å². The number of benzene rings is 2. The van der Waals surface area contributed by atoms with Gasteiger partial charge >= 0.3 is 0 Å². The molecule has 1 aliphatic carbocycles. The zero-order valence-electron chi connectivity index (χ0n) is 20.0. The van der Waals surface area contributed by atoms with Gasteiger partial charge in [0.25, 0.3) is 0 Å². The van der Waals surface area contributed by atoms with E-state index in [0.717, 1.165) is 0 Å². The van der Waals surface area contributed by atoms with E-state index in [2.05, 4.69) is 0 Å². The summed E-state index contributed by atoms with van der Waals surface area (Å²) >= 11 is 0. The number of hydrogen-bond acceptors (Lipinski definition) is 6. The lowest BCUT2D eigenvalue weighted by molar-refractivity contribution is 0.0750. The molecule has 0 saturated heterocycles. The van der Waals surface area contributed by atoms with Crippen molar-refractivity contribution in [3.05, 3.63) is 69.8 Å². The summed E-state index contributed by atoms with van der Waals surface area (Å²) in [6.45, 7) is 7.23. The normalized spacial score (nSPS) is 13.9. The Morgan fingerprint density at radius 1 is 0.594 bits per heavy atom. The van der Waals surface area contributed by atoms with Gasteiger partial charge < -0.3 is 0 Å². The summed E-state index contributed by atoms with van der Waals surface area (Å²) < 4.78 is 0.